The van der Waals surface area contributed by atoms with Crippen molar-refractivity contribution < 1.29 is 23.9 Å². The Morgan fingerprint density at radius 1 is 1.04 bits per heavy atom. The molecule has 1 unspecified atom stereocenters. The molecule has 1 aliphatic heterocycles. The van der Waals surface area contributed by atoms with Crippen LogP contribution in [-0.4, -0.2) is 71.5 Å². The fourth-order valence-corrected chi connectivity index (χ4v) is 5.30. The maximum Gasteiger partial charge on any atom is 0.258 e. The first-order valence-corrected chi connectivity index (χ1v) is 15.6. The van der Waals surface area contributed by atoms with E-state index in [9.17, 15) is 19.2 Å². The maximum atomic E-state index is 13.3. The van der Waals surface area contributed by atoms with E-state index in [1.807, 2.05) is 58.0 Å². The Morgan fingerprint density at radius 3 is 2.42 bits per heavy atom. The van der Waals surface area contributed by atoms with Crippen molar-refractivity contribution in [2.45, 2.75) is 84.7 Å². The second-order valence-electron chi connectivity index (χ2n) is 11.9. The molecule has 0 bridgehead atoms. The Bertz CT molecular complexity index is 1410. The highest BCUT2D eigenvalue weighted by Crippen LogP contribution is 2.22. The van der Waals surface area contributed by atoms with Gasteiger partial charge in [-0.05, 0) is 68.7 Å². The lowest BCUT2D eigenvalue weighted by Gasteiger charge is -2.35. The van der Waals surface area contributed by atoms with Gasteiger partial charge in [0.15, 0.2) is 0 Å². The lowest BCUT2D eigenvalue weighted by Crippen LogP contribution is -2.62. The highest BCUT2D eigenvalue weighted by atomic mass is 16.5. The number of amides is 4. The minimum absolute atomic E-state index is 0.220. The zero-order valence-electron chi connectivity index (χ0n) is 27.4. The second-order valence-corrected chi connectivity index (χ2v) is 11.9. The third kappa shape index (κ3) is 9.21. The van der Waals surface area contributed by atoms with E-state index < -0.39 is 36.1 Å². The van der Waals surface area contributed by atoms with E-state index in [4.69, 9.17) is 4.74 Å². The van der Waals surface area contributed by atoms with Crippen molar-refractivity contribution in [3.63, 3.8) is 0 Å². The number of methoxy groups -OCH3 is 1. The van der Waals surface area contributed by atoms with Crippen LogP contribution in [-0.2, 0) is 23.9 Å². The van der Waals surface area contributed by atoms with Crippen LogP contribution in [0, 0.1) is 11.8 Å². The summed E-state index contributed by atoms with van der Waals surface area (Å²) in [6.07, 6.45) is 7.83. The number of rotatable bonds is 13. The van der Waals surface area contributed by atoms with Gasteiger partial charge in [-0.25, -0.2) is 5.43 Å². The number of pyridine rings is 1. The van der Waals surface area contributed by atoms with Gasteiger partial charge in [0, 0.05) is 25.2 Å². The Labute approximate surface area is 266 Å². The summed E-state index contributed by atoms with van der Waals surface area (Å²) >= 11 is 0. The van der Waals surface area contributed by atoms with E-state index in [0.29, 0.717) is 19.4 Å². The van der Waals surface area contributed by atoms with Gasteiger partial charge in [0.05, 0.1) is 23.8 Å². The number of ether oxygens (including phenoxy) is 1. The summed E-state index contributed by atoms with van der Waals surface area (Å²) < 4.78 is 5.39. The van der Waals surface area contributed by atoms with Gasteiger partial charge in [-0.3, -0.25) is 29.2 Å². The molecule has 45 heavy (non-hydrogen) atoms. The van der Waals surface area contributed by atoms with Crippen LogP contribution in [0.25, 0.3) is 16.8 Å². The number of fused-ring (bicyclic) bond motifs is 1. The molecule has 0 saturated carbocycles. The molecule has 4 amide bonds. The molecule has 1 aromatic carbocycles. The molecule has 0 spiro atoms. The number of carbonyl (C=O) groups excluding carboxylic acids is 4. The van der Waals surface area contributed by atoms with E-state index in [0.717, 1.165) is 22.0 Å². The number of aromatic nitrogens is 1. The zero-order chi connectivity index (χ0) is 33.3. The standard InChI is InChI=1S/C34H48N6O5/c1-9-12-29(45-8)21(5)31(41)38-30(20(3)4)33(43)37-23(7)34(44)40-16-11-13-28(39-40)32(42)36-22(6)24-14-15-25-19-35-27(10-2)18-26(25)17-24/h9-10,12,14-15,17-23,28-30,39H,2,11,13,16H2,1,3-8H3,(H,36,42)(H,37,43)(H,38,41)/b12-9+/t21-,22-,23+,28+,29-,30?/m1/s1. The number of carbonyl (C=O) groups is 4. The quantitative estimate of drug-likeness (QED) is 0.252. The Kier molecular flexibility index (Phi) is 12.8. The van der Waals surface area contributed by atoms with Crippen LogP contribution < -0.4 is 21.4 Å². The molecule has 6 atom stereocenters. The van der Waals surface area contributed by atoms with Crippen molar-refractivity contribution in [2.24, 2.45) is 11.8 Å². The van der Waals surface area contributed by atoms with Crippen molar-refractivity contribution >= 4 is 40.5 Å². The monoisotopic (exact) mass is 620 g/mol. The molecule has 1 fully saturated rings. The molecular formula is C34H48N6O5. The van der Waals surface area contributed by atoms with Gasteiger partial charge in [-0.15, -0.1) is 0 Å². The van der Waals surface area contributed by atoms with Gasteiger partial charge in [-0.2, -0.15) is 0 Å². The lowest BCUT2D eigenvalue weighted by atomic mass is 9.99. The third-order valence-electron chi connectivity index (χ3n) is 8.14. The van der Waals surface area contributed by atoms with Gasteiger partial charge in [0.1, 0.15) is 18.1 Å². The first-order valence-electron chi connectivity index (χ1n) is 15.6. The Morgan fingerprint density at radius 2 is 1.78 bits per heavy atom. The predicted molar refractivity (Wildman–Crippen MR) is 175 cm³/mol. The summed E-state index contributed by atoms with van der Waals surface area (Å²) in [5.74, 6) is -2.12. The summed E-state index contributed by atoms with van der Waals surface area (Å²) in [6, 6.07) is 5.30. The van der Waals surface area contributed by atoms with Gasteiger partial charge in [0.2, 0.25) is 17.7 Å². The fraction of sp³-hybridized carbons (Fsp3) is 0.500. The molecule has 11 heteroatoms. The molecule has 11 nitrogen and oxygen atoms in total. The number of nitrogens with zero attached hydrogens (tertiary/aromatic N) is 2. The molecule has 244 valence electrons. The van der Waals surface area contributed by atoms with Crippen LogP contribution in [0.15, 0.2) is 49.2 Å². The zero-order valence-corrected chi connectivity index (χ0v) is 27.4. The molecule has 0 aliphatic carbocycles. The minimum Gasteiger partial charge on any atom is -0.377 e. The third-order valence-corrected chi connectivity index (χ3v) is 8.14. The van der Waals surface area contributed by atoms with E-state index in [1.54, 1.807) is 32.2 Å². The normalized spacial score (nSPS) is 18.6. The first-order chi connectivity index (χ1) is 21.4. The van der Waals surface area contributed by atoms with Crippen LogP contribution >= 0.6 is 0 Å². The molecular weight excluding hydrogens is 572 g/mol. The van der Waals surface area contributed by atoms with Crippen molar-refractivity contribution in [3.05, 3.63) is 60.5 Å². The van der Waals surface area contributed by atoms with E-state index in [1.165, 1.54) is 12.1 Å². The van der Waals surface area contributed by atoms with Crippen LogP contribution in [0.3, 0.4) is 0 Å². The number of hydrogen-bond acceptors (Lipinski definition) is 7. The molecule has 1 aliphatic rings. The lowest BCUT2D eigenvalue weighted by molar-refractivity contribution is -0.143. The largest absolute Gasteiger partial charge is 0.377 e. The fourth-order valence-electron chi connectivity index (χ4n) is 5.30. The summed E-state index contributed by atoms with van der Waals surface area (Å²) in [7, 11) is 1.53. The Balaban J connectivity index is 1.59. The molecule has 1 saturated heterocycles. The van der Waals surface area contributed by atoms with Crippen LogP contribution in [0.2, 0.25) is 0 Å². The first kappa shape index (κ1) is 35.4. The summed E-state index contributed by atoms with van der Waals surface area (Å²) in [4.78, 5) is 57.0. The van der Waals surface area contributed by atoms with Crippen molar-refractivity contribution in [1.29, 1.82) is 0 Å². The Hall–Kier alpha value is -4.09. The van der Waals surface area contributed by atoms with Crippen LogP contribution in [0.5, 0.6) is 0 Å². The summed E-state index contributed by atoms with van der Waals surface area (Å²) in [5.41, 5.74) is 4.77. The second kappa shape index (κ2) is 16.3. The number of hydrogen-bond donors (Lipinski definition) is 4. The maximum absolute atomic E-state index is 13.3. The van der Waals surface area contributed by atoms with Gasteiger partial charge in [0.25, 0.3) is 5.91 Å². The van der Waals surface area contributed by atoms with Gasteiger partial charge in [-0.1, -0.05) is 51.6 Å². The summed E-state index contributed by atoms with van der Waals surface area (Å²) in [6.45, 7) is 14.9. The minimum atomic E-state index is -0.886. The molecule has 3 rings (SSSR count). The van der Waals surface area contributed by atoms with E-state index in [-0.39, 0.29) is 29.7 Å². The van der Waals surface area contributed by atoms with Crippen molar-refractivity contribution in [1.82, 2.24) is 31.4 Å². The smallest absolute Gasteiger partial charge is 0.258 e. The molecule has 4 N–H and O–H groups in total. The van der Waals surface area contributed by atoms with Gasteiger partial charge >= 0.3 is 0 Å². The SMILES string of the molecule is C=Cc1cc2cc([C@@H](C)NC(=O)[C@@H]3CCCN(C(=O)[C@H](C)NC(=O)C(NC(=O)[C@H](C)[C@@H](/C=C/C)OC)C(C)C)N3)ccc2cn1. The molecule has 0 radical (unpaired) electrons. The highest BCUT2D eigenvalue weighted by Gasteiger charge is 2.34. The van der Waals surface area contributed by atoms with Gasteiger partial charge < -0.3 is 20.7 Å². The molecule has 2 heterocycles. The average molecular weight is 621 g/mol. The highest BCUT2D eigenvalue weighted by molar-refractivity contribution is 5.93. The average Bonchev–Trinajstić information content (AvgIpc) is 3.04. The topological polar surface area (TPSA) is 142 Å². The van der Waals surface area contributed by atoms with Crippen molar-refractivity contribution in [3.8, 4) is 0 Å². The van der Waals surface area contributed by atoms with Crippen LogP contribution in [0.1, 0.15) is 71.7 Å². The van der Waals surface area contributed by atoms with E-state index in [2.05, 4.69) is 32.9 Å². The van der Waals surface area contributed by atoms with Crippen molar-refractivity contribution in [2.75, 3.05) is 13.7 Å². The number of hydrazine groups is 1. The molecule has 2 aromatic rings. The molecule has 1 aromatic heterocycles. The number of benzene rings is 1. The number of allylic oxidation sites excluding steroid dienone is 1. The number of nitrogens with one attached hydrogen (secondary N) is 4. The van der Waals surface area contributed by atoms with E-state index >= 15 is 0 Å². The predicted octanol–water partition coefficient (Wildman–Crippen LogP) is 3.42. The van der Waals surface area contributed by atoms with Crippen LogP contribution in [0.4, 0.5) is 0 Å². The summed E-state index contributed by atoms with van der Waals surface area (Å²) in [5, 5.41) is 12.0.